The van der Waals surface area contributed by atoms with Gasteiger partial charge in [0, 0.05) is 4.47 Å². The lowest BCUT2D eigenvalue weighted by molar-refractivity contribution is 0.0517. The third kappa shape index (κ3) is 2.75. The molecule has 0 saturated heterocycles. The first-order chi connectivity index (χ1) is 7.47. The molecule has 1 rings (SSSR count). The molecule has 0 atom stereocenters. The first kappa shape index (κ1) is 13.0. The second-order valence-electron chi connectivity index (χ2n) is 3.02. The summed E-state index contributed by atoms with van der Waals surface area (Å²) in [6, 6.07) is 1.20. The second-order valence-corrected chi connectivity index (χ2v) is 3.88. The largest absolute Gasteiger partial charge is 0.461 e. The molecule has 0 aromatic carbocycles. The van der Waals surface area contributed by atoms with Gasteiger partial charge in [-0.15, -0.1) is 0 Å². The van der Waals surface area contributed by atoms with Crippen LogP contribution in [0.25, 0.3) is 0 Å². The fourth-order valence-electron chi connectivity index (χ4n) is 1.11. The van der Waals surface area contributed by atoms with Gasteiger partial charge in [0.25, 0.3) is 6.43 Å². The van der Waals surface area contributed by atoms with E-state index < -0.39 is 18.1 Å². The van der Waals surface area contributed by atoms with Crippen LogP contribution in [-0.4, -0.2) is 17.6 Å². The predicted octanol–water partition coefficient (Wildman–Crippen LogP) is 3.27. The van der Waals surface area contributed by atoms with Crippen molar-refractivity contribution in [2.24, 2.45) is 0 Å². The molecule has 3 nitrogen and oxygen atoms in total. The molecule has 0 aliphatic carbocycles. The summed E-state index contributed by atoms with van der Waals surface area (Å²) >= 11 is 3.10. The molecule has 0 spiro atoms. The van der Waals surface area contributed by atoms with Gasteiger partial charge in [-0.3, -0.25) is 0 Å². The Kier molecular flexibility index (Phi) is 4.35. The van der Waals surface area contributed by atoms with E-state index in [0.717, 1.165) is 0 Å². The van der Waals surface area contributed by atoms with Crippen molar-refractivity contribution >= 4 is 21.9 Å². The Balaban J connectivity index is 3.21. The lowest BCUT2D eigenvalue weighted by Crippen LogP contribution is -2.11. The molecule has 0 radical (unpaired) electrons. The van der Waals surface area contributed by atoms with Gasteiger partial charge in [0.15, 0.2) is 5.69 Å². The minimum atomic E-state index is -2.72. The van der Waals surface area contributed by atoms with Crippen molar-refractivity contribution in [1.82, 2.24) is 4.98 Å². The van der Waals surface area contributed by atoms with Crippen molar-refractivity contribution in [3.8, 4) is 0 Å². The summed E-state index contributed by atoms with van der Waals surface area (Å²) in [6.45, 7) is 3.42. The average Bonchev–Trinajstić information content (AvgIpc) is 2.21. The number of hydrogen-bond donors (Lipinski definition) is 0. The first-order valence-corrected chi connectivity index (χ1v) is 5.39. The van der Waals surface area contributed by atoms with Crippen molar-refractivity contribution in [3.05, 3.63) is 27.5 Å². The molecule has 0 saturated carbocycles. The smallest absolute Gasteiger partial charge is 0.357 e. The molecule has 6 heteroatoms. The minimum Gasteiger partial charge on any atom is -0.461 e. The monoisotopic (exact) mass is 293 g/mol. The summed E-state index contributed by atoms with van der Waals surface area (Å²) in [5.74, 6) is -0.691. The molecule has 1 aromatic heterocycles. The number of carbonyl (C=O) groups is 1. The molecule has 16 heavy (non-hydrogen) atoms. The van der Waals surface area contributed by atoms with E-state index in [1.165, 1.54) is 6.07 Å². The van der Waals surface area contributed by atoms with Crippen molar-refractivity contribution in [1.29, 1.82) is 0 Å². The topological polar surface area (TPSA) is 39.2 Å². The Morgan fingerprint density at radius 1 is 1.62 bits per heavy atom. The van der Waals surface area contributed by atoms with Gasteiger partial charge in [0.2, 0.25) is 0 Å². The quantitative estimate of drug-likeness (QED) is 0.803. The predicted molar refractivity (Wildman–Crippen MR) is 57.6 cm³/mol. The Hall–Kier alpha value is -1.04. The molecule has 0 aliphatic rings. The van der Waals surface area contributed by atoms with E-state index in [-0.39, 0.29) is 12.3 Å². The number of ether oxygens (including phenoxy) is 1. The summed E-state index contributed by atoms with van der Waals surface area (Å²) < 4.78 is 30.1. The molecule has 0 unspecified atom stereocenters. The lowest BCUT2D eigenvalue weighted by atomic mass is 10.2. The maximum Gasteiger partial charge on any atom is 0.357 e. The molecular formula is C10H10BrF2NO2. The van der Waals surface area contributed by atoms with Crippen LogP contribution in [0.2, 0.25) is 0 Å². The molecule has 0 N–H and O–H groups in total. The maximum absolute atomic E-state index is 12.5. The number of hydrogen-bond acceptors (Lipinski definition) is 3. The highest BCUT2D eigenvalue weighted by Crippen LogP contribution is 2.25. The van der Waals surface area contributed by atoms with Gasteiger partial charge in [-0.05, 0) is 25.5 Å². The van der Waals surface area contributed by atoms with Crippen LogP contribution in [-0.2, 0) is 4.74 Å². The fourth-order valence-corrected chi connectivity index (χ4v) is 1.53. The summed E-state index contributed by atoms with van der Waals surface area (Å²) in [6.07, 6.45) is -2.72. The number of carbonyl (C=O) groups excluding carboxylic acids is 1. The van der Waals surface area contributed by atoms with Gasteiger partial charge in [0.1, 0.15) is 5.69 Å². The minimum absolute atomic E-state index is 0.0773. The van der Waals surface area contributed by atoms with E-state index >= 15 is 0 Å². The standard InChI is InChI=1S/C10H10BrF2NO2/c1-3-16-10(15)8-5(2)6(11)4-7(14-8)9(12)13/h4,9H,3H2,1-2H3. The molecule has 0 bridgehead atoms. The molecule has 88 valence electrons. The normalized spacial score (nSPS) is 10.6. The zero-order chi connectivity index (χ0) is 12.3. The van der Waals surface area contributed by atoms with E-state index in [4.69, 9.17) is 4.74 Å². The zero-order valence-corrected chi connectivity index (χ0v) is 10.3. The molecule has 0 aliphatic heterocycles. The highest BCUT2D eigenvalue weighted by atomic mass is 79.9. The molecular weight excluding hydrogens is 284 g/mol. The SMILES string of the molecule is CCOC(=O)c1nc(C(F)F)cc(Br)c1C. The van der Waals surface area contributed by atoms with Crippen molar-refractivity contribution in [2.45, 2.75) is 20.3 Å². The van der Waals surface area contributed by atoms with Crippen LogP contribution in [0.4, 0.5) is 8.78 Å². The number of alkyl halides is 2. The van der Waals surface area contributed by atoms with Crippen molar-refractivity contribution < 1.29 is 18.3 Å². The summed E-state index contributed by atoms with van der Waals surface area (Å²) in [5, 5.41) is 0. The summed E-state index contributed by atoms with van der Waals surface area (Å²) in [4.78, 5) is 15.0. The van der Waals surface area contributed by atoms with Crippen LogP contribution in [0.15, 0.2) is 10.5 Å². The van der Waals surface area contributed by atoms with Crippen molar-refractivity contribution in [3.63, 3.8) is 0 Å². The number of rotatable bonds is 3. The van der Waals surface area contributed by atoms with Crippen LogP contribution in [0.3, 0.4) is 0 Å². The Labute approximate surface area is 99.9 Å². The summed E-state index contributed by atoms with van der Waals surface area (Å²) in [5.41, 5.74) is -0.0325. The number of nitrogens with zero attached hydrogens (tertiary/aromatic N) is 1. The molecule has 0 fully saturated rings. The van der Waals surface area contributed by atoms with Crippen LogP contribution >= 0.6 is 15.9 Å². The van der Waals surface area contributed by atoms with E-state index in [2.05, 4.69) is 20.9 Å². The number of pyridine rings is 1. The Bertz CT molecular complexity index is 410. The van der Waals surface area contributed by atoms with Gasteiger partial charge >= 0.3 is 5.97 Å². The number of aromatic nitrogens is 1. The number of halogens is 3. The highest BCUT2D eigenvalue weighted by Gasteiger charge is 2.19. The van der Waals surface area contributed by atoms with E-state index in [1.54, 1.807) is 13.8 Å². The molecule has 1 aromatic rings. The first-order valence-electron chi connectivity index (χ1n) is 4.59. The second kappa shape index (κ2) is 5.34. The average molecular weight is 294 g/mol. The van der Waals surface area contributed by atoms with E-state index in [1.807, 2.05) is 0 Å². The van der Waals surface area contributed by atoms with Gasteiger partial charge in [-0.2, -0.15) is 0 Å². The van der Waals surface area contributed by atoms with Crippen LogP contribution in [0.5, 0.6) is 0 Å². The number of esters is 1. The van der Waals surface area contributed by atoms with Gasteiger partial charge in [0.05, 0.1) is 6.61 Å². The van der Waals surface area contributed by atoms with Crippen LogP contribution in [0.1, 0.15) is 35.1 Å². The lowest BCUT2D eigenvalue weighted by Gasteiger charge is -2.08. The van der Waals surface area contributed by atoms with Gasteiger partial charge in [-0.25, -0.2) is 18.6 Å². The van der Waals surface area contributed by atoms with Crippen molar-refractivity contribution in [2.75, 3.05) is 6.61 Å². The van der Waals surface area contributed by atoms with E-state index in [9.17, 15) is 13.6 Å². The molecule has 0 amide bonds. The summed E-state index contributed by atoms with van der Waals surface area (Å²) in [7, 11) is 0. The third-order valence-electron chi connectivity index (χ3n) is 1.92. The maximum atomic E-state index is 12.5. The Morgan fingerprint density at radius 2 is 2.25 bits per heavy atom. The van der Waals surface area contributed by atoms with Gasteiger partial charge in [-0.1, -0.05) is 15.9 Å². The Morgan fingerprint density at radius 3 is 2.75 bits per heavy atom. The van der Waals surface area contributed by atoms with E-state index in [0.29, 0.717) is 10.0 Å². The fraction of sp³-hybridized carbons (Fsp3) is 0.400. The zero-order valence-electron chi connectivity index (χ0n) is 8.76. The molecule has 1 heterocycles. The van der Waals surface area contributed by atoms with Crippen LogP contribution in [0, 0.1) is 6.92 Å². The highest BCUT2D eigenvalue weighted by molar-refractivity contribution is 9.10. The van der Waals surface area contributed by atoms with Gasteiger partial charge < -0.3 is 4.74 Å². The third-order valence-corrected chi connectivity index (χ3v) is 2.74. The van der Waals surface area contributed by atoms with Crippen LogP contribution < -0.4 is 0 Å².